The van der Waals surface area contributed by atoms with Gasteiger partial charge in [-0.1, -0.05) is 29.8 Å². The summed E-state index contributed by atoms with van der Waals surface area (Å²) in [5.41, 5.74) is 4.81. The number of amides is 3. The number of hydrogen-bond acceptors (Lipinski definition) is 4. The van der Waals surface area contributed by atoms with Crippen LogP contribution in [-0.4, -0.2) is 16.3 Å². The fraction of sp³-hybridized carbons (Fsp3) is 0.556. The molecule has 0 aromatic carbocycles. The topological polar surface area (TPSA) is 142 Å². The Labute approximate surface area is 105 Å². The highest BCUT2D eigenvalue weighted by Gasteiger charge is 2.32. The van der Waals surface area contributed by atoms with Gasteiger partial charge in [0.25, 0.3) is 0 Å². The van der Waals surface area contributed by atoms with E-state index in [9.17, 15) is 9.59 Å². The van der Waals surface area contributed by atoms with Gasteiger partial charge < -0.3 is 18.0 Å². The van der Waals surface area contributed by atoms with Crippen molar-refractivity contribution in [1.82, 2.24) is 17.6 Å². The summed E-state index contributed by atoms with van der Waals surface area (Å²) in [4.78, 5) is 21.6. The molecule has 98 valence electrons. The molecule has 0 saturated carbocycles. The van der Waals surface area contributed by atoms with E-state index >= 15 is 0 Å². The molecule has 0 aliphatic rings. The molecule has 0 aliphatic heterocycles. The van der Waals surface area contributed by atoms with Gasteiger partial charge in [-0.15, -0.1) is 13.2 Å². The van der Waals surface area contributed by atoms with Gasteiger partial charge >= 0.3 is 6.03 Å². The van der Waals surface area contributed by atoms with Crippen LogP contribution in [0.5, 0.6) is 0 Å². The zero-order valence-corrected chi connectivity index (χ0v) is 11.6. The van der Waals surface area contributed by atoms with Crippen LogP contribution in [-0.2, 0) is 4.79 Å². The molecular formula is C9H23BrN4O2. The molecule has 16 heavy (non-hydrogen) atoms. The number of nitrogens with one attached hydrogen (secondary N) is 1. The number of primary amides is 1. The lowest BCUT2D eigenvalue weighted by molar-refractivity contribution is -0.122. The van der Waals surface area contributed by atoms with Crippen molar-refractivity contribution in [2.24, 2.45) is 5.73 Å². The highest BCUT2D eigenvalue weighted by atomic mass is 79.9. The van der Waals surface area contributed by atoms with Gasteiger partial charge in [-0.2, -0.15) is 0 Å². The third-order valence-corrected chi connectivity index (χ3v) is 3.25. The Kier molecular flexibility index (Phi) is 18.5. The monoisotopic (exact) mass is 298 g/mol. The van der Waals surface area contributed by atoms with Crippen LogP contribution in [0.1, 0.15) is 26.7 Å². The Morgan fingerprint density at radius 2 is 1.56 bits per heavy atom. The van der Waals surface area contributed by atoms with E-state index in [1.807, 2.05) is 19.2 Å². The summed E-state index contributed by atoms with van der Waals surface area (Å²) >= 11 is 3.26. The summed E-state index contributed by atoms with van der Waals surface area (Å²) in [7, 11) is 0. The van der Waals surface area contributed by atoms with Crippen LogP contribution in [0.4, 0.5) is 4.79 Å². The van der Waals surface area contributed by atoms with Crippen LogP contribution < -0.4 is 23.4 Å². The number of halogens is 1. The molecule has 0 radical (unpaired) electrons. The maximum atomic E-state index is 11.3. The van der Waals surface area contributed by atoms with Crippen LogP contribution in [0.3, 0.4) is 0 Å². The number of alkyl halides is 1. The van der Waals surface area contributed by atoms with Gasteiger partial charge in [0.15, 0.2) is 0 Å². The van der Waals surface area contributed by atoms with Crippen molar-refractivity contribution in [3.05, 3.63) is 13.2 Å². The van der Waals surface area contributed by atoms with E-state index in [1.54, 1.807) is 0 Å². The van der Waals surface area contributed by atoms with E-state index in [2.05, 4.69) is 29.1 Å². The molecule has 0 aromatic rings. The molecule has 9 N–H and O–H groups in total. The van der Waals surface area contributed by atoms with Crippen molar-refractivity contribution in [3.8, 4) is 0 Å². The van der Waals surface area contributed by atoms with Crippen molar-refractivity contribution in [1.29, 1.82) is 0 Å². The summed E-state index contributed by atoms with van der Waals surface area (Å²) in [6.45, 7) is 9.72. The van der Waals surface area contributed by atoms with Crippen molar-refractivity contribution in [3.63, 3.8) is 0 Å². The number of nitrogens with two attached hydrogens (primary N) is 1. The van der Waals surface area contributed by atoms with Crippen molar-refractivity contribution in [2.45, 2.75) is 31.0 Å². The molecule has 0 aromatic heterocycles. The molecule has 0 saturated heterocycles. The summed E-state index contributed by atoms with van der Waals surface area (Å²) in [6.07, 6.45) is 1.23. The van der Waals surface area contributed by atoms with Crippen LogP contribution in [0.2, 0.25) is 0 Å². The average Bonchev–Trinajstić information content (AvgIpc) is 2.18. The largest absolute Gasteiger partial charge is 0.351 e. The first kappa shape index (κ1) is 24.4. The lowest BCUT2D eigenvalue weighted by atomic mass is 10.0. The normalized spacial score (nSPS) is 8.44. The second kappa shape index (κ2) is 12.2. The Balaban J connectivity index is -0.000000169. The first-order chi connectivity index (χ1) is 6.46. The fourth-order valence-corrected chi connectivity index (χ4v) is 0.894. The minimum atomic E-state index is -0.814. The number of hydrogen-bond donors (Lipinski definition) is 4. The molecule has 0 heterocycles. The smallest absolute Gasteiger partial charge is 0.318 e. The van der Waals surface area contributed by atoms with E-state index in [1.165, 1.54) is 0 Å². The van der Waals surface area contributed by atoms with Gasteiger partial charge in [-0.05, 0) is 12.8 Å². The van der Waals surface area contributed by atoms with Gasteiger partial charge in [0.05, 0.1) is 0 Å². The summed E-state index contributed by atoms with van der Waals surface area (Å²) < 4.78 is -0.665. The molecule has 3 amide bonds. The molecule has 0 rings (SSSR count). The highest BCUT2D eigenvalue weighted by Crippen LogP contribution is 2.26. The van der Waals surface area contributed by atoms with E-state index < -0.39 is 10.4 Å². The van der Waals surface area contributed by atoms with Crippen molar-refractivity contribution >= 4 is 27.9 Å². The molecule has 6 nitrogen and oxygen atoms in total. The summed E-state index contributed by atoms with van der Waals surface area (Å²) in [5.74, 6) is -0.375. The average molecular weight is 299 g/mol. The molecule has 0 bridgehead atoms. The number of carbonyl (C=O) groups is 2. The van der Waals surface area contributed by atoms with E-state index in [4.69, 9.17) is 5.73 Å². The third-order valence-electron chi connectivity index (χ3n) is 1.76. The molecule has 0 aliphatic carbocycles. The van der Waals surface area contributed by atoms with Gasteiger partial charge in [0.2, 0.25) is 5.91 Å². The minimum absolute atomic E-state index is 0. The van der Waals surface area contributed by atoms with E-state index in [-0.39, 0.29) is 18.2 Å². The van der Waals surface area contributed by atoms with Gasteiger partial charge in [-0.3, -0.25) is 10.1 Å². The Bertz CT molecular complexity index is 208. The molecule has 0 unspecified atom stereocenters. The second-order valence-corrected chi connectivity index (χ2v) is 4.01. The standard InChI is InChI=1S/C7H13BrN2O2.C2H4.2H3N/c1-3-7(8,4-2)5(11)10-6(9)12;1-2;;/h3-4H2,1-2H3,(H3,9,10,11,12);1-2H2;2*1H3. The number of urea groups is 1. The highest BCUT2D eigenvalue weighted by molar-refractivity contribution is 9.10. The zero-order chi connectivity index (χ0) is 11.8. The lowest BCUT2D eigenvalue weighted by Crippen LogP contribution is -2.46. The number of imide groups is 1. The predicted octanol–water partition coefficient (Wildman–Crippen LogP) is 2.26. The molecule has 0 atom stereocenters. The minimum Gasteiger partial charge on any atom is -0.351 e. The maximum Gasteiger partial charge on any atom is 0.318 e. The summed E-state index contributed by atoms with van der Waals surface area (Å²) in [5, 5.41) is 2.04. The molecule has 0 spiro atoms. The Morgan fingerprint density at radius 1 is 1.25 bits per heavy atom. The van der Waals surface area contributed by atoms with Gasteiger partial charge in [-0.25, -0.2) is 4.79 Å². The predicted molar refractivity (Wildman–Crippen MR) is 71.3 cm³/mol. The lowest BCUT2D eigenvalue weighted by Gasteiger charge is -2.21. The SMILES string of the molecule is C=C.CCC(Br)(CC)C(=O)NC(N)=O.N.N. The Morgan fingerprint density at radius 3 is 1.75 bits per heavy atom. The van der Waals surface area contributed by atoms with Crippen molar-refractivity contribution < 1.29 is 9.59 Å². The van der Waals surface area contributed by atoms with E-state index in [0.29, 0.717) is 12.8 Å². The molecular weight excluding hydrogens is 276 g/mol. The van der Waals surface area contributed by atoms with Crippen molar-refractivity contribution in [2.75, 3.05) is 0 Å². The van der Waals surface area contributed by atoms with Gasteiger partial charge in [0.1, 0.15) is 4.32 Å². The second-order valence-electron chi connectivity index (χ2n) is 2.49. The van der Waals surface area contributed by atoms with Crippen LogP contribution in [0.15, 0.2) is 13.2 Å². The quantitative estimate of drug-likeness (QED) is 0.468. The molecule has 7 heteroatoms. The van der Waals surface area contributed by atoms with Gasteiger partial charge in [0, 0.05) is 0 Å². The van der Waals surface area contributed by atoms with E-state index in [0.717, 1.165) is 0 Å². The van der Waals surface area contributed by atoms with Crippen LogP contribution in [0.25, 0.3) is 0 Å². The molecule has 0 fully saturated rings. The zero-order valence-electron chi connectivity index (χ0n) is 10.0. The first-order valence-corrected chi connectivity index (χ1v) is 5.05. The summed E-state index contributed by atoms with van der Waals surface area (Å²) in [6, 6.07) is -0.814. The maximum absolute atomic E-state index is 11.3. The fourth-order valence-electron chi connectivity index (χ4n) is 0.795. The van der Waals surface area contributed by atoms with Crippen LogP contribution >= 0.6 is 15.9 Å². The number of rotatable bonds is 3. The first-order valence-electron chi connectivity index (χ1n) is 4.26. The van der Waals surface area contributed by atoms with Crippen LogP contribution in [0, 0.1) is 0 Å². The number of carbonyl (C=O) groups excluding carboxylic acids is 2. The third kappa shape index (κ3) is 8.39. The Hall–Kier alpha value is -0.920.